The fourth-order valence-electron chi connectivity index (χ4n) is 2.12. The first-order chi connectivity index (χ1) is 11.7. The number of aromatic amines is 1. The zero-order valence-electron chi connectivity index (χ0n) is 12.9. The number of nitrogens with zero attached hydrogens (tertiary/aromatic N) is 1. The number of para-hydroxylation sites is 2. The van der Waals surface area contributed by atoms with E-state index in [9.17, 15) is 9.59 Å². The summed E-state index contributed by atoms with van der Waals surface area (Å²) in [5.41, 5.74) is -0.187. The second-order valence-corrected chi connectivity index (χ2v) is 5.99. The Morgan fingerprint density at radius 1 is 1.33 bits per heavy atom. The maximum Gasteiger partial charge on any atom is 0.259 e. The molecule has 0 bridgehead atoms. The van der Waals surface area contributed by atoms with Crippen molar-refractivity contribution >= 4 is 27.5 Å². The minimum atomic E-state index is -0.264. The van der Waals surface area contributed by atoms with E-state index in [1.165, 1.54) is 17.7 Å². The van der Waals surface area contributed by atoms with Crippen LogP contribution in [-0.4, -0.2) is 29.6 Å². The van der Waals surface area contributed by atoms with Crippen molar-refractivity contribution in [2.24, 2.45) is 0 Å². The lowest BCUT2D eigenvalue weighted by Gasteiger charge is -2.10. The molecule has 2 N–H and O–H groups in total. The van der Waals surface area contributed by atoms with Gasteiger partial charge in [0, 0.05) is 4.88 Å². The summed E-state index contributed by atoms with van der Waals surface area (Å²) in [6.07, 6.45) is 1.37. The van der Waals surface area contributed by atoms with Gasteiger partial charge in [0.1, 0.15) is 4.83 Å². The van der Waals surface area contributed by atoms with Crippen molar-refractivity contribution in [3.05, 3.63) is 51.9 Å². The molecule has 2 aromatic heterocycles. The Balaban J connectivity index is 1.57. The third-order valence-electron chi connectivity index (χ3n) is 3.27. The summed E-state index contributed by atoms with van der Waals surface area (Å²) in [5, 5.41) is 3.28. The lowest BCUT2D eigenvalue weighted by molar-refractivity contribution is -0.123. The molecule has 2 heterocycles. The van der Waals surface area contributed by atoms with E-state index in [1.807, 2.05) is 6.07 Å². The van der Waals surface area contributed by atoms with Gasteiger partial charge in [0.05, 0.1) is 25.4 Å². The zero-order valence-corrected chi connectivity index (χ0v) is 13.7. The van der Waals surface area contributed by atoms with Crippen molar-refractivity contribution in [2.45, 2.75) is 6.54 Å². The lowest BCUT2D eigenvalue weighted by atomic mass is 10.3. The average Bonchev–Trinajstić information content (AvgIpc) is 3.03. The highest BCUT2D eigenvalue weighted by Gasteiger charge is 2.09. The largest absolute Gasteiger partial charge is 0.493 e. The van der Waals surface area contributed by atoms with Crippen LogP contribution in [-0.2, 0) is 11.3 Å². The van der Waals surface area contributed by atoms with Crippen molar-refractivity contribution in [3.8, 4) is 11.5 Å². The molecule has 24 heavy (non-hydrogen) atoms. The number of ether oxygens (including phenoxy) is 2. The van der Waals surface area contributed by atoms with E-state index in [-0.39, 0.29) is 18.1 Å². The summed E-state index contributed by atoms with van der Waals surface area (Å²) >= 11 is 1.37. The number of benzene rings is 1. The monoisotopic (exact) mass is 345 g/mol. The summed E-state index contributed by atoms with van der Waals surface area (Å²) in [6, 6.07) is 8.85. The van der Waals surface area contributed by atoms with E-state index in [4.69, 9.17) is 9.47 Å². The number of carbonyl (C=O) groups excluding carboxylic acids is 1. The third-order valence-corrected chi connectivity index (χ3v) is 4.32. The van der Waals surface area contributed by atoms with Gasteiger partial charge < -0.3 is 19.8 Å². The number of amides is 1. The summed E-state index contributed by atoms with van der Waals surface area (Å²) < 4.78 is 10.6. The number of carbonyl (C=O) groups is 1. The molecule has 3 aromatic rings. The van der Waals surface area contributed by atoms with Crippen LogP contribution in [0.2, 0.25) is 0 Å². The number of fused-ring (bicyclic) bond motifs is 1. The molecule has 1 amide bonds. The highest BCUT2D eigenvalue weighted by Crippen LogP contribution is 2.25. The van der Waals surface area contributed by atoms with Crippen LogP contribution < -0.4 is 20.3 Å². The molecule has 124 valence electrons. The predicted octanol–water partition coefficient (Wildman–Crippen LogP) is 1.69. The maximum atomic E-state index is 11.9. The van der Waals surface area contributed by atoms with Crippen molar-refractivity contribution in [2.75, 3.05) is 13.7 Å². The fraction of sp³-hybridized carbons (Fsp3) is 0.188. The van der Waals surface area contributed by atoms with E-state index < -0.39 is 0 Å². The van der Waals surface area contributed by atoms with Gasteiger partial charge in [-0.1, -0.05) is 12.1 Å². The first-order valence-corrected chi connectivity index (χ1v) is 7.97. The van der Waals surface area contributed by atoms with Gasteiger partial charge >= 0.3 is 0 Å². The van der Waals surface area contributed by atoms with Crippen LogP contribution >= 0.6 is 11.3 Å². The van der Waals surface area contributed by atoms with E-state index >= 15 is 0 Å². The Morgan fingerprint density at radius 2 is 2.12 bits per heavy atom. The van der Waals surface area contributed by atoms with Crippen LogP contribution in [0, 0.1) is 0 Å². The first kappa shape index (κ1) is 16.0. The second-order valence-electron chi connectivity index (χ2n) is 4.88. The fourth-order valence-corrected chi connectivity index (χ4v) is 3.06. The minimum Gasteiger partial charge on any atom is -0.493 e. The molecule has 0 atom stereocenters. The normalized spacial score (nSPS) is 10.5. The number of aromatic nitrogens is 2. The number of hydrogen-bond acceptors (Lipinski definition) is 6. The SMILES string of the molecule is COc1ccccc1OCC(=O)NCc1cc2c(=O)[nH]cnc2s1. The molecule has 3 rings (SSSR count). The van der Waals surface area contributed by atoms with Gasteiger partial charge in [-0.05, 0) is 18.2 Å². The first-order valence-electron chi connectivity index (χ1n) is 7.16. The Labute approximate surface area is 141 Å². The number of rotatable bonds is 6. The number of thiophene rings is 1. The summed E-state index contributed by atoms with van der Waals surface area (Å²) in [5.74, 6) is 0.813. The Kier molecular flexibility index (Phi) is 4.76. The van der Waals surface area contributed by atoms with Crippen molar-refractivity contribution in [1.82, 2.24) is 15.3 Å². The number of H-pyrrole nitrogens is 1. The topological polar surface area (TPSA) is 93.3 Å². The van der Waals surface area contributed by atoms with Crippen LogP contribution in [0.3, 0.4) is 0 Å². The maximum absolute atomic E-state index is 11.9. The summed E-state index contributed by atoms with van der Waals surface area (Å²) in [7, 11) is 1.54. The summed E-state index contributed by atoms with van der Waals surface area (Å²) in [4.78, 5) is 31.7. The van der Waals surface area contributed by atoms with Gasteiger partial charge in [0.25, 0.3) is 11.5 Å². The highest BCUT2D eigenvalue weighted by molar-refractivity contribution is 7.18. The molecule has 0 spiro atoms. The molecule has 0 saturated heterocycles. The number of methoxy groups -OCH3 is 1. The van der Waals surface area contributed by atoms with Crippen molar-refractivity contribution < 1.29 is 14.3 Å². The van der Waals surface area contributed by atoms with Gasteiger partial charge in [0.2, 0.25) is 0 Å². The van der Waals surface area contributed by atoms with Crippen LogP contribution in [0.1, 0.15) is 4.88 Å². The number of hydrogen-bond donors (Lipinski definition) is 2. The van der Waals surface area contributed by atoms with Crippen molar-refractivity contribution in [1.29, 1.82) is 0 Å². The van der Waals surface area contributed by atoms with Gasteiger partial charge in [-0.3, -0.25) is 9.59 Å². The van der Waals surface area contributed by atoms with Crippen LogP contribution in [0.4, 0.5) is 0 Å². The molecule has 0 saturated carbocycles. The molecule has 0 unspecified atom stereocenters. The zero-order chi connectivity index (χ0) is 16.9. The molecule has 0 aliphatic rings. The van der Waals surface area contributed by atoms with E-state index in [2.05, 4.69) is 15.3 Å². The van der Waals surface area contributed by atoms with Gasteiger partial charge in [-0.25, -0.2) is 4.98 Å². The smallest absolute Gasteiger partial charge is 0.259 e. The lowest BCUT2D eigenvalue weighted by Crippen LogP contribution is -2.28. The van der Waals surface area contributed by atoms with E-state index in [0.29, 0.717) is 28.3 Å². The molecule has 0 aliphatic heterocycles. The van der Waals surface area contributed by atoms with Crippen LogP contribution in [0.15, 0.2) is 41.5 Å². The molecule has 0 aliphatic carbocycles. The standard InChI is InChI=1S/C16H15N3O4S/c1-22-12-4-2-3-5-13(12)23-8-14(20)17-7-10-6-11-15(21)18-9-19-16(11)24-10/h2-6,9H,7-8H2,1H3,(H,17,20)(H,18,19,21). The average molecular weight is 345 g/mol. The second kappa shape index (κ2) is 7.14. The molecular weight excluding hydrogens is 330 g/mol. The quantitative estimate of drug-likeness (QED) is 0.709. The van der Waals surface area contributed by atoms with Crippen LogP contribution in [0.25, 0.3) is 10.2 Å². The molecule has 0 radical (unpaired) electrons. The molecular formula is C16H15N3O4S. The highest BCUT2D eigenvalue weighted by atomic mass is 32.1. The van der Waals surface area contributed by atoms with E-state index in [1.54, 1.807) is 31.4 Å². The predicted molar refractivity (Wildman–Crippen MR) is 90.6 cm³/mol. The minimum absolute atomic E-state index is 0.121. The molecule has 1 aromatic carbocycles. The molecule has 8 heteroatoms. The Morgan fingerprint density at radius 3 is 2.88 bits per heavy atom. The van der Waals surface area contributed by atoms with Crippen LogP contribution in [0.5, 0.6) is 11.5 Å². The Hall–Kier alpha value is -2.87. The molecule has 0 fully saturated rings. The van der Waals surface area contributed by atoms with Crippen molar-refractivity contribution in [3.63, 3.8) is 0 Å². The third kappa shape index (κ3) is 3.54. The molecule has 7 nitrogen and oxygen atoms in total. The van der Waals surface area contributed by atoms with Gasteiger partial charge in [0.15, 0.2) is 18.1 Å². The van der Waals surface area contributed by atoms with Gasteiger partial charge in [-0.15, -0.1) is 11.3 Å². The van der Waals surface area contributed by atoms with E-state index in [0.717, 1.165) is 4.88 Å². The Bertz CT molecular complexity index is 919. The number of nitrogens with one attached hydrogen (secondary N) is 2. The van der Waals surface area contributed by atoms with Gasteiger partial charge in [-0.2, -0.15) is 0 Å². The summed E-state index contributed by atoms with van der Waals surface area (Å²) in [6.45, 7) is 0.193.